The molecule has 0 saturated carbocycles. The summed E-state index contributed by atoms with van der Waals surface area (Å²) in [6.45, 7) is 2.04. The van der Waals surface area contributed by atoms with E-state index < -0.39 is 6.10 Å². The minimum atomic E-state index is -0.733. The quantitative estimate of drug-likeness (QED) is 0.844. The van der Waals surface area contributed by atoms with E-state index in [-0.39, 0.29) is 11.8 Å². The highest BCUT2D eigenvalue weighted by Gasteiger charge is 2.10. The Bertz CT molecular complexity index is 619. The fourth-order valence-corrected chi connectivity index (χ4v) is 2.00. The SMILES string of the molecule is Cc1cccc(C(O)COC(=S)Nc2ccc(Cl)cn2)c1. The molecular formula is C15H15ClN2O2S. The summed E-state index contributed by atoms with van der Waals surface area (Å²) >= 11 is 10.8. The monoisotopic (exact) mass is 322 g/mol. The number of benzene rings is 1. The molecule has 0 spiro atoms. The Kier molecular flexibility index (Phi) is 5.50. The van der Waals surface area contributed by atoms with Crippen LogP contribution in [-0.2, 0) is 4.74 Å². The zero-order chi connectivity index (χ0) is 15.2. The number of thiocarbonyl (C=S) groups is 1. The summed E-state index contributed by atoms with van der Waals surface area (Å²) in [5, 5.41) is 13.6. The van der Waals surface area contributed by atoms with E-state index >= 15 is 0 Å². The lowest BCUT2D eigenvalue weighted by Gasteiger charge is -2.14. The molecule has 1 aromatic carbocycles. The zero-order valence-corrected chi connectivity index (χ0v) is 13.0. The van der Waals surface area contributed by atoms with Gasteiger partial charge in [-0.3, -0.25) is 0 Å². The molecule has 2 N–H and O–H groups in total. The predicted octanol–water partition coefficient (Wildman–Crippen LogP) is 3.49. The van der Waals surface area contributed by atoms with Crippen molar-refractivity contribution in [3.05, 3.63) is 58.7 Å². The molecule has 1 aromatic heterocycles. The Labute approximate surface area is 133 Å². The summed E-state index contributed by atoms with van der Waals surface area (Å²) in [6.07, 6.45) is 0.775. The second-order valence-electron chi connectivity index (χ2n) is 4.52. The van der Waals surface area contributed by atoms with Gasteiger partial charge in [0.2, 0.25) is 0 Å². The van der Waals surface area contributed by atoms with Crippen molar-refractivity contribution < 1.29 is 9.84 Å². The summed E-state index contributed by atoms with van der Waals surface area (Å²) in [5.74, 6) is 0.537. The molecule has 1 heterocycles. The molecule has 1 atom stereocenters. The van der Waals surface area contributed by atoms with Gasteiger partial charge in [-0.1, -0.05) is 41.4 Å². The Morgan fingerprint density at radius 2 is 2.24 bits per heavy atom. The number of aryl methyl sites for hydroxylation is 1. The minimum absolute atomic E-state index is 0.0723. The van der Waals surface area contributed by atoms with Gasteiger partial charge in [0.05, 0.1) is 5.02 Å². The van der Waals surface area contributed by atoms with Crippen LogP contribution in [-0.4, -0.2) is 21.9 Å². The maximum absolute atomic E-state index is 10.1. The molecule has 0 aliphatic heterocycles. The van der Waals surface area contributed by atoms with Crippen LogP contribution in [0.2, 0.25) is 5.02 Å². The second-order valence-corrected chi connectivity index (χ2v) is 5.32. The first-order chi connectivity index (χ1) is 10.0. The van der Waals surface area contributed by atoms with Gasteiger partial charge in [-0.05, 0) is 36.8 Å². The highest BCUT2D eigenvalue weighted by atomic mass is 35.5. The first-order valence-corrected chi connectivity index (χ1v) is 7.13. The Morgan fingerprint density at radius 1 is 1.43 bits per heavy atom. The number of aliphatic hydroxyl groups is 1. The summed E-state index contributed by atoms with van der Waals surface area (Å²) in [7, 11) is 0. The van der Waals surface area contributed by atoms with Gasteiger partial charge < -0.3 is 15.2 Å². The van der Waals surface area contributed by atoms with E-state index in [2.05, 4.69) is 10.3 Å². The van der Waals surface area contributed by atoms with Gasteiger partial charge in [-0.2, -0.15) is 0 Å². The predicted molar refractivity (Wildman–Crippen MR) is 87.6 cm³/mol. The molecule has 0 amide bonds. The lowest BCUT2D eigenvalue weighted by atomic mass is 10.1. The zero-order valence-electron chi connectivity index (χ0n) is 11.4. The molecule has 6 heteroatoms. The van der Waals surface area contributed by atoms with Crippen LogP contribution < -0.4 is 5.32 Å². The third kappa shape index (κ3) is 4.97. The molecule has 0 fully saturated rings. The molecule has 2 rings (SSSR count). The molecule has 1 unspecified atom stereocenters. The summed E-state index contributed by atoms with van der Waals surface area (Å²) in [4.78, 5) is 4.04. The highest BCUT2D eigenvalue weighted by molar-refractivity contribution is 7.80. The lowest BCUT2D eigenvalue weighted by Crippen LogP contribution is -2.18. The molecule has 4 nitrogen and oxygen atoms in total. The fraction of sp³-hybridized carbons (Fsp3) is 0.200. The number of ether oxygens (including phenoxy) is 1. The number of aliphatic hydroxyl groups excluding tert-OH is 1. The fourth-order valence-electron chi connectivity index (χ4n) is 1.72. The third-order valence-corrected chi connectivity index (χ3v) is 3.20. The van der Waals surface area contributed by atoms with Gasteiger partial charge >= 0.3 is 0 Å². The second kappa shape index (κ2) is 7.36. The van der Waals surface area contributed by atoms with Crippen molar-refractivity contribution in [3.8, 4) is 0 Å². The van der Waals surface area contributed by atoms with Crippen molar-refractivity contribution in [3.63, 3.8) is 0 Å². The van der Waals surface area contributed by atoms with E-state index in [0.717, 1.165) is 11.1 Å². The summed E-state index contributed by atoms with van der Waals surface area (Å²) in [6, 6.07) is 11.0. The van der Waals surface area contributed by atoms with Crippen molar-refractivity contribution in [2.45, 2.75) is 13.0 Å². The van der Waals surface area contributed by atoms with Gasteiger partial charge in [0.15, 0.2) is 0 Å². The van der Waals surface area contributed by atoms with Crippen LogP contribution in [0.4, 0.5) is 5.82 Å². The summed E-state index contributed by atoms with van der Waals surface area (Å²) in [5.41, 5.74) is 1.88. The number of nitrogens with zero attached hydrogens (tertiary/aromatic N) is 1. The van der Waals surface area contributed by atoms with E-state index in [9.17, 15) is 5.11 Å². The van der Waals surface area contributed by atoms with Crippen LogP contribution >= 0.6 is 23.8 Å². The maximum atomic E-state index is 10.1. The molecule has 0 radical (unpaired) electrons. The number of anilines is 1. The largest absolute Gasteiger partial charge is 0.468 e. The molecule has 0 aliphatic rings. The number of aromatic nitrogens is 1. The van der Waals surface area contributed by atoms with Crippen LogP contribution in [0.25, 0.3) is 0 Å². The lowest BCUT2D eigenvalue weighted by molar-refractivity contribution is 0.104. The smallest absolute Gasteiger partial charge is 0.262 e. The van der Waals surface area contributed by atoms with Crippen molar-refractivity contribution in [1.82, 2.24) is 4.98 Å². The topological polar surface area (TPSA) is 54.4 Å². The van der Waals surface area contributed by atoms with E-state index in [1.54, 1.807) is 12.1 Å². The van der Waals surface area contributed by atoms with E-state index in [1.807, 2.05) is 31.2 Å². The van der Waals surface area contributed by atoms with Crippen LogP contribution in [0.1, 0.15) is 17.2 Å². The highest BCUT2D eigenvalue weighted by Crippen LogP contribution is 2.15. The Morgan fingerprint density at radius 3 is 2.90 bits per heavy atom. The first-order valence-electron chi connectivity index (χ1n) is 6.34. The molecule has 21 heavy (non-hydrogen) atoms. The van der Waals surface area contributed by atoms with Gasteiger partial charge in [-0.15, -0.1) is 0 Å². The number of rotatable bonds is 4. The van der Waals surface area contributed by atoms with E-state index in [4.69, 9.17) is 28.6 Å². The first kappa shape index (κ1) is 15.7. The number of pyridine rings is 1. The van der Waals surface area contributed by atoms with Gasteiger partial charge in [-0.25, -0.2) is 4.98 Å². The molecule has 2 aromatic rings. The molecule has 110 valence electrons. The minimum Gasteiger partial charge on any atom is -0.468 e. The van der Waals surface area contributed by atoms with Gasteiger partial charge in [0.1, 0.15) is 18.5 Å². The van der Waals surface area contributed by atoms with Crippen molar-refractivity contribution >= 4 is 34.8 Å². The van der Waals surface area contributed by atoms with Crippen molar-refractivity contribution in [1.29, 1.82) is 0 Å². The average molecular weight is 323 g/mol. The van der Waals surface area contributed by atoms with E-state index in [1.165, 1.54) is 6.20 Å². The standard InChI is InChI=1S/C15H15ClN2O2S/c1-10-3-2-4-11(7-10)13(19)9-20-15(21)18-14-6-5-12(16)8-17-14/h2-8,13,19H,9H2,1H3,(H,17,18,21). The van der Waals surface area contributed by atoms with Crippen LogP contribution in [0.3, 0.4) is 0 Å². The van der Waals surface area contributed by atoms with Crippen LogP contribution in [0.5, 0.6) is 0 Å². The van der Waals surface area contributed by atoms with Crippen LogP contribution in [0, 0.1) is 6.92 Å². The molecule has 0 aliphatic carbocycles. The molecule has 0 bridgehead atoms. The van der Waals surface area contributed by atoms with Crippen molar-refractivity contribution in [2.24, 2.45) is 0 Å². The number of hydrogen-bond donors (Lipinski definition) is 2. The number of halogens is 1. The molecular weight excluding hydrogens is 308 g/mol. The number of nitrogens with one attached hydrogen (secondary N) is 1. The third-order valence-electron chi connectivity index (χ3n) is 2.76. The van der Waals surface area contributed by atoms with E-state index in [0.29, 0.717) is 10.8 Å². The van der Waals surface area contributed by atoms with Crippen molar-refractivity contribution in [2.75, 3.05) is 11.9 Å². The number of hydrogen-bond acceptors (Lipinski definition) is 4. The Hall–Kier alpha value is -1.69. The van der Waals surface area contributed by atoms with Crippen LogP contribution in [0.15, 0.2) is 42.6 Å². The maximum Gasteiger partial charge on any atom is 0.262 e. The molecule has 0 saturated heterocycles. The summed E-state index contributed by atoms with van der Waals surface area (Å²) < 4.78 is 5.33. The van der Waals surface area contributed by atoms with Gasteiger partial charge in [0, 0.05) is 6.20 Å². The Balaban J connectivity index is 1.84. The average Bonchev–Trinajstić information content (AvgIpc) is 2.47. The van der Waals surface area contributed by atoms with Gasteiger partial charge in [0.25, 0.3) is 5.17 Å². The normalized spacial score (nSPS) is 11.8.